The Morgan fingerprint density at radius 3 is 2.72 bits per heavy atom. The first-order valence-corrected chi connectivity index (χ1v) is 7.29. The van der Waals surface area contributed by atoms with E-state index in [9.17, 15) is 8.42 Å². The topological polar surface area (TPSA) is 110 Å². The van der Waals surface area contributed by atoms with E-state index in [1.54, 1.807) is 6.92 Å². The molecule has 0 unspecified atom stereocenters. The largest absolute Gasteiger partial charge is 0.381 e. The zero-order valence-corrected chi connectivity index (χ0v) is 11.1. The summed E-state index contributed by atoms with van der Waals surface area (Å²) >= 11 is 0. The van der Waals surface area contributed by atoms with Gasteiger partial charge in [-0.1, -0.05) is 0 Å². The summed E-state index contributed by atoms with van der Waals surface area (Å²) in [5.74, 6) is 0.559. The van der Waals surface area contributed by atoms with Gasteiger partial charge in [0, 0.05) is 25.3 Å². The first kappa shape index (κ1) is 13.5. The molecule has 0 spiro atoms. The molecule has 1 aromatic rings. The van der Waals surface area contributed by atoms with Crippen LogP contribution in [0, 0.1) is 6.92 Å². The number of aromatic nitrogens is 2. The van der Waals surface area contributed by atoms with Crippen LogP contribution in [-0.2, 0) is 14.8 Å². The first-order chi connectivity index (χ1) is 8.47. The van der Waals surface area contributed by atoms with E-state index in [0.717, 1.165) is 0 Å². The molecule has 1 aromatic heterocycles. The van der Waals surface area contributed by atoms with Crippen LogP contribution in [0.15, 0.2) is 11.2 Å². The van der Waals surface area contributed by atoms with E-state index < -0.39 is 15.6 Å². The molecular formula is C10H18N4O3S. The number of rotatable bonds is 4. The zero-order chi connectivity index (χ0) is 13.2. The van der Waals surface area contributed by atoms with Crippen LogP contribution in [0.25, 0.3) is 0 Å². The number of ether oxygens (including phenoxy) is 1. The molecule has 0 amide bonds. The Kier molecular flexibility index (Phi) is 3.71. The highest BCUT2D eigenvalue weighted by atomic mass is 32.2. The number of hydrogen-bond acceptors (Lipinski definition) is 5. The Labute approximate surface area is 106 Å². The third kappa shape index (κ3) is 2.72. The highest BCUT2D eigenvalue weighted by molar-refractivity contribution is 7.89. The van der Waals surface area contributed by atoms with Crippen LogP contribution < -0.4 is 10.5 Å². The van der Waals surface area contributed by atoms with Gasteiger partial charge in [-0.3, -0.25) is 0 Å². The smallest absolute Gasteiger partial charge is 0.258 e. The van der Waals surface area contributed by atoms with Crippen LogP contribution >= 0.6 is 0 Å². The zero-order valence-electron chi connectivity index (χ0n) is 10.3. The number of aromatic amines is 1. The average molecular weight is 274 g/mol. The second kappa shape index (κ2) is 4.96. The maximum Gasteiger partial charge on any atom is 0.258 e. The number of nitrogens with one attached hydrogen (secondary N) is 2. The maximum atomic E-state index is 12.2. The molecule has 1 saturated heterocycles. The number of aryl methyl sites for hydroxylation is 1. The Balaban J connectivity index is 2.21. The SMILES string of the molecule is Cc1ncc(S(=O)(=O)NC2(CN)CCOCC2)[nH]1. The lowest BCUT2D eigenvalue weighted by molar-refractivity contribution is 0.0501. The van der Waals surface area contributed by atoms with Gasteiger partial charge in [0.2, 0.25) is 0 Å². The lowest BCUT2D eigenvalue weighted by Gasteiger charge is -2.36. The number of imidazole rings is 1. The van der Waals surface area contributed by atoms with E-state index in [1.807, 2.05) is 0 Å². The number of nitrogens with zero attached hydrogens (tertiary/aromatic N) is 1. The number of hydrogen-bond donors (Lipinski definition) is 3. The molecule has 0 saturated carbocycles. The van der Waals surface area contributed by atoms with Gasteiger partial charge in [0.1, 0.15) is 5.82 Å². The Morgan fingerprint density at radius 1 is 1.56 bits per heavy atom. The standard InChI is InChI=1S/C10H18N4O3S/c1-8-12-6-9(13-8)18(15,16)14-10(7-11)2-4-17-5-3-10/h6,14H,2-5,7,11H2,1H3,(H,12,13). The summed E-state index contributed by atoms with van der Waals surface area (Å²) in [4.78, 5) is 6.61. The summed E-state index contributed by atoms with van der Waals surface area (Å²) in [7, 11) is -3.61. The van der Waals surface area contributed by atoms with Gasteiger partial charge in [0.25, 0.3) is 10.0 Å². The van der Waals surface area contributed by atoms with E-state index in [0.29, 0.717) is 31.9 Å². The van der Waals surface area contributed by atoms with Gasteiger partial charge in [-0.05, 0) is 19.8 Å². The average Bonchev–Trinajstić information content (AvgIpc) is 2.77. The molecule has 7 nitrogen and oxygen atoms in total. The Morgan fingerprint density at radius 2 is 2.22 bits per heavy atom. The van der Waals surface area contributed by atoms with Crippen molar-refractivity contribution in [3.8, 4) is 0 Å². The van der Waals surface area contributed by atoms with Gasteiger partial charge in [0.15, 0.2) is 5.03 Å². The van der Waals surface area contributed by atoms with Crippen LogP contribution in [0.5, 0.6) is 0 Å². The molecule has 8 heteroatoms. The van der Waals surface area contributed by atoms with Crippen molar-refractivity contribution in [1.29, 1.82) is 0 Å². The third-order valence-corrected chi connectivity index (χ3v) is 4.65. The van der Waals surface area contributed by atoms with Crippen LogP contribution in [-0.4, -0.2) is 43.7 Å². The second-order valence-electron chi connectivity index (χ2n) is 4.54. The fraction of sp³-hybridized carbons (Fsp3) is 0.700. The van der Waals surface area contributed by atoms with E-state index in [4.69, 9.17) is 10.5 Å². The summed E-state index contributed by atoms with van der Waals surface area (Å²) in [5, 5.41) is 0.0688. The number of sulfonamides is 1. The molecule has 0 radical (unpaired) electrons. The lowest BCUT2D eigenvalue weighted by Crippen LogP contribution is -2.56. The summed E-state index contributed by atoms with van der Waals surface area (Å²) in [6.45, 7) is 2.98. The Bertz CT molecular complexity index is 505. The predicted octanol–water partition coefficient (Wildman–Crippen LogP) is -0.496. The molecule has 102 valence electrons. The molecule has 1 aliphatic heterocycles. The molecule has 0 atom stereocenters. The molecular weight excluding hydrogens is 256 g/mol. The highest BCUT2D eigenvalue weighted by Crippen LogP contribution is 2.22. The van der Waals surface area contributed by atoms with Crippen molar-refractivity contribution in [3.63, 3.8) is 0 Å². The highest BCUT2D eigenvalue weighted by Gasteiger charge is 2.36. The molecule has 2 heterocycles. The van der Waals surface area contributed by atoms with E-state index in [1.165, 1.54) is 6.20 Å². The summed E-state index contributed by atoms with van der Waals surface area (Å²) in [6.07, 6.45) is 2.47. The normalized spacial score (nSPS) is 19.9. The van der Waals surface area contributed by atoms with Gasteiger partial charge in [-0.25, -0.2) is 18.1 Å². The van der Waals surface area contributed by atoms with Gasteiger partial charge < -0.3 is 15.5 Å². The van der Waals surface area contributed by atoms with Crippen molar-refractivity contribution in [2.24, 2.45) is 5.73 Å². The number of H-pyrrole nitrogens is 1. The van der Waals surface area contributed by atoms with Crippen molar-refractivity contribution in [1.82, 2.24) is 14.7 Å². The van der Waals surface area contributed by atoms with Gasteiger partial charge in [-0.2, -0.15) is 0 Å². The van der Waals surface area contributed by atoms with Crippen molar-refractivity contribution < 1.29 is 13.2 Å². The van der Waals surface area contributed by atoms with Crippen LogP contribution in [0.3, 0.4) is 0 Å². The number of nitrogens with two attached hydrogens (primary N) is 1. The molecule has 1 fully saturated rings. The monoisotopic (exact) mass is 274 g/mol. The van der Waals surface area contributed by atoms with Gasteiger partial charge in [-0.15, -0.1) is 0 Å². The molecule has 1 aliphatic rings. The summed E-state index contributed by atoms with van der Waals surface area (Å²) in [5.41, 5.74) is 5.11. The van der Waals surface area contributed by atoms with E-state index in [2.05, 4.69) is 14.7 Å². The van der Waals surface area contributed by atoms with Crippen molar-refractivity contribution in [2.75, 3.05) is 19.8 Å². The summed E-state index contributed by atoms with van der Waals surface area (Å²) < 4.78 is 32.3. The molecule has 0 aromatic carbocycles. The van der Waals surface area contributed by atoms with E-state index in [-0.39, 0.29) is 11.6 Å². The molecule has 18 heavy (non-hydrogen) atoms. The fourth-order valence-corrected chi connectivity index (χ4v) is 3.43. The minimum absolute atomic E-state index is 0.0688. The minimum Gasteiger partial charge on any atom is -0.381 e. The lowest BCUT2D eigenvalue weighted by atomic mass is 9.92. The predicted molar refractivity (Wildman–Crippen MR) is 65.5 cm³/mol. The third-order valence-electron chi connectivity index (χ3n) is 3.16. The molecule has 4 N–H and O–H groups in total. The maximum absolute atomic E-state index is 12.2. The van der Waals surface area contributed by atoms with Gasteiger partial charge >= 0.3 is 0 Å². The van der Waals surface area contributed by atoms with E-state index >= 15 is 0 Å². The quantitative estimate of drug-likeness (QED) is 0.686. The molecule has 0 bridgehead atoms. The van der Waals surface area contributed by atoms with Crippen LogP contribution in [0.1, 0.15) is 18.7 Å². The van der Waals surface area contributed by atoms with Gasteiger partial charge in [0.05, 0.1) is 6.20 Å². The van der Waals surface area contributed by atoms with Crippen molar-refractivity contribution in [3.05, 3.63) is 12.0 Å². The minimum atomic E-state index is -3.61. The summed E-state index contributed by atoms with van der Waals surface area (Å²) in [6, 6.07) is 0. The van der Waals surface area contributed by atoms with Crippen molar-refractivity contribution >= 4 is 10.0 Å². The van der Waals surface area contributed by atoms with Crippen LogP contribution in [0.2, 0.25) is 0 Å². The first-order valence-electron chi connectivity index (χ1n) is 5.81. The molecule has 2 rings (SSSR count). The molecule has 0 aliphatic carbocycles. The van der Waals surface area contributed by atoms with Crippen LogP contribution in [0.4, 0.5) is 0 Å². The van der Waals surface area contributed by atoms with Crippen molar-refractivity contribution in [2.45, 2.75) is 30.3 Å². The Hall–Kier alpha value is -0.960. The fourth-order valence-electron chi connectivity index (χ4n) is 1.98. The second-order valence-corrected chi connectivity index (χ2v) is 6.19.